The summed E-state index contributed by atoms with van der Waals surface area (Å²) in [7, 11) is 0. The zero-order valence-electron chi connectivity index (χ0n) is 12.2. The monoisotopic (exact) mass is 258 g/mol. The normalized spacial score (nSPS) is 32.1. The molecule has 2 rings (SSSR count). The number of allylic oxidation sites excluding steroid dienone is 4. The Balaban J connectivity index is 1.88. The van der Waals surface area contributed by atoms with E-state index in [1.165, 1.54) is 19.3 Å². The molecule has 0 saturated heterocycles. The number of dihydropyridines is 2. The van der Waals surface area contributed by atoms with Gasteiger partial charge in [0, 0.05) is 0 Å². The average Bonchev–Trinajstić information content (AvgIpc) is 2.49. The van der Waals surface area contributed by atoms with E-state index in [9.17, 15) is 0 Å². The van der Waals surface area contributed by atoms with Gasteiger partial charge in [0.15, 0.2) is 0 Å². The van der Waals surface area contributed by atoms with Crippen molar-refractivity contribution in [3.05, 3.63) is 48.9 Å². The second-order valence-electron chi connectivity index (χ2n) is 5.60. The first-order chi connectivity index (χ1) is 9.24. The van der Waals surface area contributed by atoms with Crippen LogP contribution in [-0.2, 0) is 0 Å². The van der Waals surface area contributed by atoms with Crippen molar-refractivity contribution >= 4 is 0 Å². The fraction of sp³-hybridized carbons (Fsp3) is 0.529. The molecule has 0 radical (unpaired) electrons. The van der Waals surface area contributed by atoms with Crippen molar-refractivity contribution in [1.82, 2.24) is 10.6 Å². The SMILES string of the molecule is CCC1(CCCC2(CC)C=CC=CN2)C=CC=CN1. The highest BCUT2D eigenvalue weighted by molar-refractivity contribution is 5.21. The lowest BCUT2D eigenvalue weighted by atomic mass is 9.83. The van der Waals surface area contributed by atoms with Crippen LogP contribution in [0.5, 0.6) is 0 Å². The van der Waals surface area contributed by atoms with Crippen molar-refractivity contribution in [2.75, 3.05) is 0 Å². The number of nitrogens with one attached hydrogen (secondary N) is 2. The highest BCUT2D eigenvalue weighted by Gasteiger charge is 2.28. The molecule has 2 aliphatic heterocycles. The Morgan fingerprint density at radius 1 is 0.737 bits per heavy atom. The molecule has 19 heavy (non-hydrogen) atoms. The molecule has 2 unspecified atom stereocenters. The lowest BCUT2D eigenvalue weighted by molar-refractivity contribution is 0.337. The molecule has 0 saturated carbocycles. The predicted molar refractivity (Wildman–Crippen MR) is 82.7 cm³/mol. The average molecular weight is 258 g/mol. The molecular formula is C17H26N2. The Labute approximate surface area is 117 Å². The summed E-state index contributed by atoms with van der Waals surface area (Å²) in [6.07, 6.45) is 23.1. The minimum absolute atomic E-state index is 0.165. The molecule has 0 aromatic heterocycles. The maximum absolute atomic E-state index is 3.53. The first-order valence-electron chi connectivity index (χ1n) is 7.48. The summed E-state index contributed by atoms with van der Waals surface area (Å²) in [6.45, 7) is 4.52. The van der Waals surface area contributed by atoms with Gasteiger partial charge in [-0.25, -0.2) is 0 Å². The quantitative estimate of drug-likeness (QED) is 0.757. The molecular weight excluding hydrogens is 232 g/mol. The maximum Gasteiger partial charge on any atom is 0.0551 e. The zero-order valence-corrected chi connectivity index (χ0v) is 12.2. The van der Waals surface area contributed by atoms with Gasteiger partial charge in [0.1, 0.15) is 0 Å². The van der Waals surface area contributed by atoms with Gasteiger partial charge in [-0.15, -0.1) is 0 Å². The first-order valence-corrected chi connectivity index (χ1v) is 7.48. The Hall–Kier alpha value is -1.44. The number of hydrogen-bond acceptors (Lipinski definition) is 2. The largest absolute Gasteiger partial charge is 0.382 e. The molecule has 0 amide bonds. The molecule has 2 heterocycles. The van der Waals surface area contributed by atoms with Gasteiger partial charge in [-0.05, 0) is 56.7 Å². The van der Waals surface area contributed by atoms with Gasteiger partial charge in [0.25, 0.3) is 0 Å². The van der Waals surface area contributed by atoms with Crippen LogP contribution in [0.2, 0.25) is 0 Å². The molecule has 2 N–H and O–H groups in total. The molecule has 2 heteroatoms. The van der Waals surface area contributed by atoms with Gasteiger partial charge in [-0.1, -0.05) is 38.2 Å². The van der Waals surface area contributed by atoms with Crippen LogP contribution in [0.3, 0.4) is 0 Å². The van der Waals surface area contributed by atoms with Crippen LogP contribution in [0.1, 0.15) is 46.0 Å². The fourth-order valence-corrected chi connectivity index (χ4v) is 2.94. The summed E-state index contributed by atoms with van der Waals surface area (Å²) in [4.78, 5) is 0. The number of rotatable bonds is 6. The van der Waals surface area contributed by atoms with Crippen LogP contribution in [0.4, 0.5) is 0 Å². The van der Waals surface area contributed by atoms with Gasteiger partial charge in [-0.3, -0.25) is 0 Å². The van der Waals surface area contributed by atoms with Gasteiger partial charge in [0.2, 0.25) is 0 Å². The van der Waals surface area contributed by atoms with E-state index in [1.54, 1.807) is 0 Å². The van der Waals surface area contributed by atoms with Crippen LogP contribution < -0.4 is 10.6 Å². The van der Waals surface area contributed by atoms with Crippen molar-refractivity contribution in [2.45, 2.75) is 57.0 Å². The third-order valence-corrected chi connectivity index (χ3v) is 4.49. The van der Waals surface area contributed by atoms with Crippen LogP contribution in [0, 0.1) is 0 Å². The highest BCUT2D eigenvalue weighted by Crippen LogP contribution is 2.28. The van der Waals surface area contributed by atoms with Crippen LogP contribution >= 0.6 is 0 Å². The second kappa shape index (κ2) is 6.14. The van der Waals surface area contributed by atoms with E-state index in [0.717, 1.165) is 12.8 Å². The fourth-order valence-electron chi connectivity index (χ4n) is 2.94. The van der Waals surface area contributed by atoms with E-state index in [1.807, 2.05) is 0 Å². The van der Waals surface area contributed by atoms with Gasteiger partial charge < -0.3 is 10.6 Å². The second-order valence-corrected chi connectivity index (χ2v) is 5.60. The zero-order chi connectivity index (χ0) is 13.6. The molecule has 0 bridgehead atoms. The first kappa shape index (κ1) is 14.0. The third-order valence-electron chi connectivity index (χ3n) is 4.49. The van der Waals surface area contributed by atoms with Crippen molar-refractivity contribution in [2.24, 2.45) is 0 Å². The summed E-state index contributed by atoms with van der Waals surface area (Å²) in [5.74, 6) is 0. The molecule has 104 valence electrons. The summed E-state index contributed by atoms with van der Waals surface area (Å²) >= 11 is 0. The van der Waals surface area contributed by atoms with Gasteiger partial charge in [-0.2, -0.15) is 0 Å². The predicted octanol–water partition coefficient (Wildman–Crippen LogP) is 3.80. The van der Waals surface area contributed by atoms with Crippen molar-refractivity contribution in [3.63, 3.8) is 0 Å². The van der Waals surface area contributed by atoms with Crippen molar-refractivity contribution < 1.29 is 0 Å². The van der Waals surface area contributed by atoms with E-state index < -0.39 is 0 Å². The minimum Gasteiger partial charge on any atom is -0.382 e. The Morgan fingerprint density at radius 2 is 1.21 bits per heavy atom. The van der Waals surface area contributed by atoms with Gasteiger partial charge in [0.05, 0.1) is 11.1 Å². The Bertz CT molecular complexity index is 367. The Morgan fingerprint density at radius 3 is 1.53 bits per heavy atom. The smallest absolute Gasteiger partial charge is 0.0551 e. The van der Waals surface area contributed by atoms with Gasteiger partial charge >= 0.3 is 0 Å². The van der Waals surface area contributed by atoms with Crippen molar-refractivity contribution in [1.29, 1.82) is 0 Å². The molecule has 0 aliphatic carbocycles. The summed E-state index contributed by atoms with van der Waals surface area (Å²) < 4.78 is 0. The molecule has 0 fully saturated rings. The van der Waals surface area contributed by atoms with E-state index in [0.29, 0.717) is 0 Å². The molecule has 2 aliphatic rings. The molecule has 2 nitrogen and oxygen atoms in total. The summed E-state index contributed by atoms with van der Waals surface area (Å²) in [5, 5.41) is 7.06. The number of hydrogen-bond donors (Lipinski definition) is 2. The lowest BCUT2D eigenvalue weighted by Crippen LogP contribution is -2.43. The minimum atomic E-state index is 0.165. The van der Waals surface area contributed by atoms with Crippen LogP contribution in [0.25, 0.3) is 0 Å². The highest BCUT2D eigenvalue weighted by atomic mass is 15.0. The topological polar surface area (TPSA) is 24.1 Å². The molecule has 0 aromatic rings. The lowest BCUT2D eigenvalue weighted by Gasteiger charge is -2.36. The molecule has 0 spiro atoms. The summed E-state index contributed by atoms with van der Waals surface area (Å²) in [6, 6.07) is 0. The van der Waals surface area contributed by atoms with E-state index in [2.05, 4.69) is 73.3 Å². The summed E-state index contributed by atoms with van der Waals surface area (Å²) in [5.41, 5.74) is 0.329. The van der Waals surface area contributed by atoms with E-state index in [-0.39, 0.29) is 11.1 Å². The van der Waals surface area contributed by atoms with E-state index >= 15 is 0 Å². The van der Waals surface area contributed by atoms with Crippen LogP contribution in [0.15, 0.2) is 48.9 Å². The van der Waals surface area contributed by atoms with Crippen LogP contribution in [-0.4, -0.2) is 11.1 Å². The molecule has 0 aromatic carbocycles. The Kier molecular flexibility index (Phi) is 4.52. The van der Waals surface area contributed by atoms with Crippen molar-refractivity contribution in [3.8, 4) is 0 Å². The standard InChI is InChI=1S/C17H26N2/c1-3-16(10-5-7-14-18-16)12-9-13-17(4-2)11-6-8-15-19-17/h5-8,10-11,14-15,18-19H,3-4,9,12-13H2,1-2H3. The maximum atomic E-state index is 3.53. The molecule has 2 atom stereocenters. The third kappa shape index (κ3) is 3.31. The van der Waals surface area contributed by atoms with E-state index in [4.69, 9.17) is 0 Å².